The predicted octanol–water partition coefficient (Wildman–Crippen LogP) is 0.635. The van der Waals surface area contributed by atoms with Gasteiger partial charge >= 0.3 is 5.97 Å². The number of carbonyl (C=O) groups excluding carboxylic acids is 4. The van der Waals surface area contributed by atoms with Crippen molar-refractivity contribution in [3.8, 4) is 0 Å². The van der Waals surface area contributed by atoms with Gasteiger partial charge in [-0.1, -0.05) is 30.4 Å². The SMILES string of the molecule is O=C1C[C@H](NC(=O)[C@@H]2CCC[C@@H]3C/C=C\C[C@H](NC(=O)c4ccccc4)C(=O)N32)C(O)O1. The van der Waals surface area contributed by atoms with Gasteiger partial charge in [0.2, 0.25) is 18.1 Å². The predicted molar refractivity (Wildman–Crippen MR) is 113 cm³/mol. The molecule has 32 heavy (non-hydrogen) atoms. The maximum atomic E-state index is 13.5. The maximum absolute atomic E-state index is 13.5. The molecular weight excluding hydrogens is 414 g/mol. The smallest absolute Gasteiger partial charge is 0.310 e. The Hall–Kier alpha value is -3.20. The first-order valence-corrected chi connectivity index (χ1v) is 10.9. The van der Waals surface area contributed by atoms with Crippen LogP contribution in [0, 0.1) is 0 Å². The first-order valence-electron chi connectivity index (χ1n) is 10.9. The molecule has 0 saturated carbocycles. The molecule has 1 unspecified atom stereocenters. The fourth-order valence-electron chi connectivity index (χ4n) is 4.57. The fourth-order valence-corrected chi connectivity index (χ4v) is 4.57. The van der Waals surface area contributed by atoms with Crippen molar-refractivity contribution >= 4 is 23.7 Å². The number of hydrogen-bond donors (Lipinski definition) is 3. The van der Waals surface area contributed by atoms with Gasteiger partial charge < -0.3 is 25.4 Å². The van der Waals surface area contributed by atoms with Crippen LogP contribution < -0.4 is 10.6 Å². The lowest BCUT2D eigenvalue weighted by molar-refractivity contribution is -0.156. The number of rotatable bonds is 4. The van der Waals surface area contributed by atoms with Crippen molar-refractivity contribution in [3.63, 3.8) is 0 Å². The van der Waals surface area contributed by atoms with E-state index in [9.17, 15) is 24.3 Å². The van der Waals surface area contributed by atoms with Gasteiger partial charge in [0, 0.05) is 11.6 Å². The molecule has 9 nitrogen and oxygen atoms in total. The van der Waals surface area contributed by atoms with Crippen LogP contribution in [0.15, 0.2) is 42.5 Å². The van der Waals surface area contributed by atoms with Crippen LogP contribution in [0.3, 0.4) is 0 Å². The number of ether oxygens (including phenoxy) is 1. The van der Waals surface area contributed by atoms with E-state index in [1.807, 2.05) is 18.2 Å². The molecule has 3 aliphatic rings. The molecule has 1 aromatic rings. The topological polar surface area (TPSA) is 125 Å². The molecule has 9 heteroatoms. The number of carbonyl (C=O) groups is 4. The van der Waals surface area contributed by atoms with Crippen molar-refractivity contribution in [1.82, 2.24) is 15.5 Å². The first kappa shape index (κ1) is 22.0. The summed E-state index contributed by atoms with van der Waals surface area (Å²) in [5.74, 6) is -1.66. The lowest BCUT2D eigenvalue weighted by atomic mass is 9.90. The van der Waals surface area contributed by atoms with E-state index in [2.05, 4.69) is 10.6 Å². The van der Waals surface area contributed by atoms with Crippen molar-refractivity contribution in [3.05, 3.63) is 48.0 Å². The summed E-state index contributed by atoms with van der Waals surface area (Å²) in [6.45, 7) is 0. The molecule has 3 N–H and O–H groups in total. The number of nitrogens with zero attached hydrogens (tertiary/aromatic N) is 1. The Balaban J connectivity index is 1.52. The van der Waals surface area contributed by atoms with Gasteiger partial charge in [0.05, 0.1) is 6.42 Å². The molecule has 5 atom stereocenters. The molecule has 0 aliphatic carbocycles. The van der Waals surface area contributed by atoms with E-state index in [1.54, 1.807) is 29.2 Å². The minimum atomic E-state index is -1.39. The Bertz CT molecular complexity index is 918. The molecule has 170 valence electrons. The lowest BCUT2D eigenvalue weighted by Gasteiger charge is -2.43. The molecule has 0 aromatic heterocycles. The Morgan fingerprint density at radius 1 is 1.03 bits per heavy atom. The average molecular weight is 441 g/mol. The van der Waals surface area contributed by atoms with Gasteiger partial charge in [0.15, 0.2) is 0 Å². The Kier molecular flexibility index (Phi) is 6.55. The number of amides is 3. The zero-order chi connectivity index (χ0) is 22.7. The Labute approximate surface area is 185 Å². The van der Waals surface area contributed by atoms with Crippen LogP contribution >= 0.6 is 0 Å². The number of benzene rings is 1. The molecule has 3 amide bonds. The number of nitrogens with one attached hydrogen (secondary N) is 2. The summed E-state index contributed by atoms with van der Waals surface area (Å²) in [7, 11) is 0. The molecule has 0 radical (unpaired) electrons. The van der Waals surface area contributed by atoms with Crippen LogP contribution in [-0.2, 0) is 19.1 Å². The second-order valence-electron chi connectivity index (χ2n) is 8.38. The van der Waals surface area contributed by atoms with Crippen molar-refractivity contribution in [1.29, 1.82) is 0 Å². The van der Waals surface area contributed by atoms with Gasteiger partial charge in [-0.05, 0) is 44.2 Å². The number of aliphatic hydroxyl groups is 1. The quantitative estimate of drug-likeness (QED) is 0.465. The zero-order valence-electron chi connectivity index (χ0n) is 17.6. The van der Waals surface area contributed by atoms with Gasteiger partial charge in [-0.25, -0.2) is 0 Å². The number of hydrogen-bond acceptors (Lipinski definition) is 6. The molecule has 3 heterocycles. The van der Waals surface area contributed by atoms with Gasteiger partial charge in [0.1, 0.15) is 18.1 Å². The summed E-state index contributed by atoms with van der Waals surface area (Å²) in [5.41, 5.74) is 0.454. The molecule has 3 aliphatic heterocycles. The first-order chi connectivity index (χ1) is 15.4. The summed E-state index contributed by atoms with van der Waals surface area (Å²) in [5, 5.41) is 15.3. The molecule has 4 rings (SSSR count). The molecule has 1 aromatic carbocycles. The van der Waals surface area contributed by atoms with E-state index in [1.165, 1.54) is 0 Å². The van der Waals surface area contributed by atoms with E-state index in [0.29, 0.717) is 24.8 Å². The third-order valence-electron chi connectivity index (χ3n) is 6.20. The van der Waals surface area contributed by atoms with Crippen molar-refractivity contribution in [2.24, 2.45) is 0 Å². The highest BCUT2D eigenvalue weighted by Gasteiger charge is 2.43. The summed E-state index contributed by atoms with van der Waals surface area (Å²) < 4.78 is 4.69. The monoisotopic (exact) mass is 441 g/mol. The van der Waals surface area contributed by atoms with Gasteiger partial charge in [-0.15, -0.1) is 0 Å². The van der Waals surface area contributed by atoms with Crippen LogP contribution in [-0.4, -0.2) is 64.2 Å². The van der Waals surface area contributed by atoms with Crippen molar-refractivity contribution in [2.75, 3.05) is 0 Å². The molecule has 0 bridgehead atoms. The normalized spacial score (nSPS) is 31.0. The molecular formula is C23H27N3O6. The van der Waals surface area contributed by atoms with Crippen LogP contribution in [0.2, 0.25) is 0 Å². The van der Waals surface area contributed by atoms with E-state index in [4.69, 9.17) is 4.74 Å². The summed E-state index contributed by atoms with van der Waals surface area (Å²) in [4.78, 5) is 52.3. The van der Waals surface area contributed by atoms with Crippen molar-refractivity contribution in [2.45, 2.75) is 69.0 Å². The van der Waals surface area contributed by atoms with Crippen molar-refractivity contribution < 1.29 is 29.0 Å². The largest absolute Gasteiger partial charge is 0.434 e. The summed E-state index contributed by atoms with van der Waals surface area (Å²) in [6.07, 6.45) is 5.32. The van der Waals surface area contributed by atoms with Crippen LogP contribution in [0.4, 0.5) is 0 Å². The van der Waals surface area contributed by atoms with Gasteiger partial charge in [0.25, 0.3) is 5.91 Å². The maximum Gasteiger partial charge on any atom is 0.310 e. The van der Waals surface area contributed by atoms with E-state index >= 15 is 0 Å². The number of cyclic esters (lactones) is 1. The van der Waals surface area contributed by atoms with Crippen LogP contribution in [0.5, 0.6) is 0 Å². The molecule has 0 spiro atoms. The standard InChI is InChI=1S/C23H27N3O6/c27-19-13-17(23(31)32-19)25-21(29)18-12-6-10-15-9-4-5-11-16(22(30)26(15)18)24-20(28)14-7-2-1-3-8-14/h1-5,7-8,15-18,23,31H,6,9-13H2,(H,24,28)(H,25,29)/b5-4-/t15-,16-,17-,18-,23?/m0/s1. The highest BCUT2D eigenvalue weighted by Crippen LogP contribution is 2.29. The summed E-state index contributed by atoms with van der Waals surface area (Å²) in [6, 6.07) is 6.12. The molecule has 2 saturated heterocycles. The van der Waals surface area contributed by atoms with Crippen LogP contribution in [0.25, 0.3) is 0 Å². The minimum absolute atomic E-state index is 0.116. The third kappa shape index (κ3) is 4.67. The number of esters is 1. The van der Waals surface area contributed by atoms with Gasteiger partial charge in [-0.2, -0.15) is 0 Å². The van der Waals surface area contributed by atoms with Gasteiger partial charge in [-0.3, -0.25) is 19.2 Å². The zero-order valence-corrected chi connectivity index (χ0v) is 17.6. The minimum Gasteiger partial charge on any atom is -0.434 e. The van der Waals surface area contributed by atoms with E-state index < -0.39 is 36.3 Å². The highest BCUT2D eigenvalue weighted by atomic mass is 16.6. The molecule has 2 fully saturated rings. The lowest BCUT2D eigenvalue weighted by Crippen LogP contribution is -2.62. The Morgan fingerprint density at radius 3 is 2.50 bits per heavy atom. The van der Waals surface area contributed by atoms with Crippen LogP contribution in [0.1, 0.15) is 48.9 Å². The Morgan fingerprint density at radius 2 is 1.78 bits per heavy atom. The van der Waals surface area contributed by atoms with E-state index in [-0.39, 0.29) is 24.3 Å². The van der Waals surface area contributed by atoms with E-state index in [0.717, 1.165) is 12.8 Å². The second kappa shape index (κ2) is 9.52. The highest BCUT2D eigenvalue weighted by molar-refractivity contribution is 5.98. The average Bonchev–Trinajstić information content (AvgIpc) is 3.10. The third-order valence-corrected chi connectivity index (χ3v) is 6.20. The number of fused-ring (bicyclic) bond motifs is 1. The second-order valence-corrected chi connectivity index (χ2v) is 8.38. The number of aliphatic hydroxyl groups excluding tert-OH is 1. The fraction of sp³-hybridized carbons (Fsp3) is 0.478. The summed E-state index contributed by atoms with van der Waals surface area (Å²) >= 11 is 0. The number of piperidine rings is 1.